The van der Waals surface area contributed by atoms with Gasteiger partial charge in [0.05, 0.1) is 0 Å². The highest BCUT2D eigenvalue weighted by Gasteiger charge is 2.41. The first kappa shape index (κ1) is 21.4. The predicted octanol–water partition coefficient (Wildman–Crippen LogP) is 4.42. The third kappa shape index (κ3) is 5.38. The lowest BCUT2D eigenvalue weighted by Gasteiger charge is -2.33. The SMILES string of the molecule is CN=C(NCC1CCCN(Cc2cccs2)C1)N1CCC2(CCCC2)C1.I. The first-order valence-corrected chi connectivity index (χ1v) is 11.3. The zero-order chi connectivity index (χ0) is 17.8. The van der Waals surface area contributed by atoms with E-state index >= 15 is 0 Å². The van der Waals surface area contributed by atoms with Crippen LogP contribution in [0.1, 0.15) is 49.8 Å². The molecule has 1 aromatic rings. The summed E-state index contributed by atoms with van der Waals surface area (Å²) in [5.74, 6) is 1.88. The van der Waals surface area contributed by atoms with Gasteiger partial charge in [-0.2, -0.15) is 0 Å². The van der Waals surface area contributed by atoms with Gasteiger partial charge in [-0.15, -0.1) is 35.3 Å². The minimum absolute atomic E-state index is 0. The van der Waals surface area contributed by atoms with Crippen molar-refractivity contribution in [1.82, 2.24) is 15.1 Å². The van der Waals surface area contributed by atoms with Crippen molar-refractivity contribution < 1.29 is 0 Å². The van der Waals surface area contributed by atoms with Crippen molar-refractivity contribution in [3.8, 4) is 0 Å². The Morgan fingerprint density at radius 1 is 1.26 bits per heavy atom. The van der Waals surface area contributed by atoms with Gasteiger partial charge in [-0.3, -0.25) is 9.89 Å². The highest BCUT2D eigenvalue weighted by molar-refractivity contribution is 14.0. The number of likely N-dealkylation sites (tertiary alicyclic amines) is 2. The van der Waals surface area contributed by atoms with Gasteiger partial charge in [0, 0.05) is 44.6 Å². The Balaban J connectivity index is 0.00000210. The number of aliphatic imine (C=N–C) groups is 1. The standard InChI is InChI=1S/C21H34N4S.HI/c1-22-20(25-12-10-21(17-25)8-2-3-9-21)23-14-18-6-4-11-24(15-18)16-19-7-5-13-26-19;/h5,7,13,18H,2-4,6,8-12,14-17H2,1H3,(H,22,23);1H. The Hall–Kier alpha value is -0.340. The van der Waals surface area contributed by atoms with Gasteiger partial charge in [-0.25, -0.2) is 0 Å². The van der Waals surface area contributed by atoms with Crippen LogP contribution in [0, 0.1) is 11.3 Å². The van der Waals surface area contributed by atoms with Crippen LogP contribution >= 0.6 is 35.3 Å². The third-order valence-corrected chi connectivity index (χ3v) is 7.59. The van der Waals surface area contributed by atoms with Crippen molar-refractivity contribution in [2.75, 3.05) is 39.8 Å². The Morgan fingerprint density at radius 3 is 2.85 bits per heavy atom. The van der Waals surface area contributed by atoms with Gasteiger partial charge in [0.15, 0.2) is 5.96 Å². The number of nitrogens with one attached hydrogen (secondary N) is 1. The lowest BCUT2D eigenvalue weighted by molar-refractivity contribution is 0.169. The second kappa shape index (κ2) is 9.92. The molecule has 3 fully saturated rings. The summed E-state index contributed by atoms with van der Waals surface area (Å²) in [6, 6.07) is 4.43. The number of nitrogens with zero attached hydrogens (tertiary/aromatic N) is 3. The molecule has 3 heterocycles. The van der Waals surface area contributed by atoms with Crippen molar-refractivity contribution >= 4 is 41.3 Å². The van der Waals surface area contributed by atoms with E-state index in [-0.39, 0.29) is 24.0 Å². The maximum absolute atomic E-state index is 4.61. The van der Waals surface area contributed by atoms with Crippen LogP contribution in [0.4, 0.5) is 0 Å². The fourth-order valence-electron chi connectivity index (χ4n) is 5.30. The van der Waals surface area contributed by atoms with Crippen LogP contribution in [0.5, 0.6) is 0 Å². The minimum atomic E-state index is 0. The molecule has 1 N–H and O–H groups in total. The minimum Gasteiger partial charge on any atom is -0.356 e. The molecule has 0 amide bonds. The van der Waals surface area contributed by atoms with E-state index in [1.54, 1.807) is 0 Å². The van der Waals surface area contributed by atoms with E-state index in [2.05, 4.69) is 37.6 Å². The summed E-state index contributed by atoms with van der Waals surface area (Å²) < 4.78 is 0. The average Bonchev–Trinajstić information content (AvgIpc) is 3.40. The molecule has 152 valence electrons. The highest BCUT2D eigenvalue weighted by atomic mass is 127. The Morgan fingerprint density at radius 2 is 2.11 bits per heavy atom. The van der Waals surface area contributed by atoms with E-state index in [1.807, 2.05) is 18.4 Å². The smallest absolute Gasteiger partial charge is 0.193 e. The molecule has 4 nitrogen and oxygen atoms in total. The molecule has 4 rings (SSSR count). The molecule has 27 heavy (non-hydrogen) atoms. The molecule has 1 atom stereocenters. The summed E-state index contributed by atoms with van der Waals surface area (Å²) in [5, 5.41) is 5.91. The number of halogens is 1. The van der Waals surface area contributed by atoms with E-state index in [4.69, 9.17) is 0 Å². The van der Waals surface area contributed by atoms with Gasteiger partial charge in [-0.05, 0) is 61.4 Å². The molecule has 1 spiro atoms. The number of guanidine groups is 1. The normalized spacial score (nSPS) is 25.7. The van der Waals surface area contributed by atoms with E-state index in [9.17, 15) is 0 Å². The molecule has 3 aliphatic rings. The topological polar surface area (TPSA) is 30.9 Å². The van der Waals surface area contributed by atoms with E-state index in [0.717, 1.165) is 25.0 Å². The third-order valence-electron chi connectivity index (χ3n) is 6.73. The second-order valence-electron chi connectivity index (χ2n) is 8.63. The van der Waals surface area contributed by atoms with Crippen LogP contribution in [0.25, 0.3) is 0 Å². The van der Waals surface area contributed by atoms with E-state index in [1.165, 1.54) is 76.0 Å². The van der Waals surface area contributed by atoms with Crippen LogP contribution in [-0.4, -0.2) is 55.5 Å². The molecule has 1 aliphatic carbocycles. The Kier molecular flexibility index (Phi) is 7.85. The molecular weight excluding hydrogens is 467 g/mol. The van der Waals surface area contributed by atoms with Gasteiger partial charge in [-0.1, -0.05) is 18.9 Å². The summed E-state index contributed by atoms with van der Waals surface area (Å²) in [7, 11) is 1.95. The molecule has 1 aromatic heterocycles. The van der Waals surface area contributed by atoms with Crippen LogP contribution in [0.15, 0.2) is 22.5 Å². The van der Waals surface area contributed by atoms with Gasteiger partial charge in [0.1, 0.15) is 0 Å². The first-order valence-electron chi connectivity index (χ1n) is 10.5. The molecule has 1 unspecified atom stereocenters. The lowest BCUT2D eigenvalue weighted by atomic mass is 9.86. The maximum atomic E-state index is 4.61. The summed E-state index contributed by atoms with van der Waals surface area (Å²) in [6.45, 7) is 7.06. The number of hydrogen-bond donors (Lipinski definition) is 1. The average molecular weight is 503 g/mol. The first-order chi connectivity index (χ1) is 12.8. The monoisotopic (exact) mass is 502 g/mol. The van der Waals surface area contributed by atoms with Crippen LogP contribution < -0.4 is 5.32 Å². The van der Waals surface area contributed by atoms with Crippen molar-refractivity contribution in [2.24, 2.45) is 16.3 Å². The van der Waals surface area contributed by atoms with E-state index < -0.39 is 0 Å². The van der Waals surface area contributed by atoms with Crippen LogP contribution in [0.3, 0.4) is 0 Å². The Labute approximate surface area is 185 Å². The quantitative estimate of drug-likeness (QED) is 0.376. The molecule has 2 aliphatic heterocycles. The molecule has 6 heteroatoms. The van der Waals surface area contributed by atoms with E-state index in [0.29, 0.717) is 5.41 Å². The van der Waals surface area contributed by atoms with Crippen molar-refractivity contribution in [1.29, 1.82) is 0 Å². The molecule has 0 bridgehead atoms. The van der Waals surface area contributed by atoms with Crippen LogP contribution in [-0.2, 0) is 6.54 Å². The van der Waals surface area contributed by atoms with Crippen molar-refractivity contribution in [2.45, 2.75) is 51.5 Å². The molecule has 2 saturated heterocycles. The summed E-state index contributed by atoms with van der Waals surface area (Å²) in [5.41, 5.74) is 0.611. The molecule has 0 radical (unpaired) electrons. The fraction of sp³-hybridized carbons (Fsp3) is 0.762. The summed E-state index contributed by atoms with van der Waals surface area (Å²) >= 11 is 1.88. The maximum Gasteiger partial charge on any atom is 0.193 e. The predicted molar refractivity (Wildman–Crippen MR) is 126 cm³/mol. The lowest BCUT2D eigenvalue weighted by Crippen LogP contribution is -2.45. The van der Waals surface area contributed by atoms with Gasteiger partial charge < -0.3 is 10.2 Å². The van der Waals surface area contributed by atoms with Gasteiger partial charge in [0.2, 0.25) is 0 Å². The molecule has 0 aromatic carbocycles. The fourth-order valence-corrected chi connectivity index (χ4v) is 6.05. The van der Waals surface area contributed by atoms with Gasteiger partial charge >= 0.3 is 0 Å². The van der Waals surface area contributed by atoms with Crippen molar-refractivity contribution in [3.63, 3.8) is 0 Å². The summed E-state index contributed by atoms with van der Waals surface area (Å²) in [4.78, 5) is 11.3. The second-order valence-corrected chi connectivity index (χ2v) is 9.66. The Bertz CT molecular complexity index is 597. The highest BCUT2D eigenvalue weighted by Crippen LogP contribution is 2.45. The van der Waals surface area contributed by atoms with Crippen molar-refractivity contribution in [3.05, 3.63) is 22.4 Å². The zero-order valence-electron chi connectivity index (χ0n) is 16.7. The summed E-state index contributed by atoms with van der Waals surface area (Å²) in [6.07, 6.45) is 9.76. The van der Waals surface area contributed by atoms with Crippen LogP contribution in [0.2, 0.25) is 0 Å². The zero-order valence-corrected chi connectivity index (χ0v) is 19.8. The number of rotatable bonds is 4. The number of hydrogen-bond acceptors (Lipinski definition) is 3. The van der Waals surface area contributed by atoms with Gasteiger partial charge in [0.25, 0.3) is 0 Å². The molecule has 1 saturated carbocycles. The number of thiophene rings is 1. The number of piperidine rings is 1. The molecular formula is C21H35IN4S. The largest absolute Gasteiger partial charge is 0.356 e.